The summed E-state index contributed by atoms with van der Waals surface area (Å²) in [5.41, 5.74) is 1.57. The summed E-state index contributed by atoms with van der Waals surface area (Å²) >= 11 is 0. The molecule has 0 aromatic heterocycles. The zero-order valence-electron chi connectivity index (χ0n) is 16.4. The summed E-state index contributed by atoms with van der Waals surface area (Å²) in [7, 11) is -2.11. The van der Waals surface area contributed by atoms with E-state index < -0.39 is 10.0 Å². The molecule has 0 bridgehead atoms. The number of rotatable bonds is 5. The number of carbonyl (C=O) groups excluding carboxylic acids is 1. The molecule has 6 nitrogen and oxygen atoms in total. The predicted octanol–water partition coefficient (Wildman–Crippen LogP) is 3.82. The second kappa shape index (κ2) is 8.32. The van der Waals surface area contributed by atoms with E-state index in [9.17, 15) is 13.2 Å². The van der Waals surface area contributed by atoms with Gasteiger partial charge in [-0.05, 0) is 56.5 Å². The van der Waals surface area contributed by atoms with Crippen LogP contribution in [0.4, 0.5) is 5.69 Å². The lowest BCUT2D eigenvalue weighted by Gasteiger charge is -2.32. The van der Waals surface area contributed by atoms with Crippen molar-refractivity contribution in [3.8, 4) is 5.75 Å². The molecule has 1 N–H and O–H groups in total. The van der Waals surface area contributed by atoms with Crippen molar-refractivity contribution in [2.24, 2.45) is 0 Å². The molecule has 150 valence electrons. The minimum absolute atomic E-state index is 0.0362. The zero-order valence-corrected chi connectivity index (χ0v) is 17.3. The highest BCUT2D eigenvalue weighted by Gasteiger charge is 2.31. The summed E-state index contributed by atoms with van der Waals surface area (Å²) in [6.07, 6.45) is 2.75. The number of ether oxygens (including phenoxy) is 1. The molecule has 1 unspecified atom stereocenters. The van der Waals surface area contributed by atoms with Crippen molar-refractivity contribution >= 4 is 21.6 Å². The van der Waals surface area contributed by atoms with Gasteiger partial charge in [0.25, 0.3) is 5.91 Å². The molecule has 0 spiro atoms. The normalized spacial score (nSPS) is 17.9. The van der Waals surface area contributed by atoms with Crippen LogP contribution >= 0.6 is 0 Å². The molecule has 1 heterocycles. The number of piperidine rings is 1. The minimum Gasteiger partial charge on any atom is -0.495 e. The fourth-order valence-corrected chi connectivity index (χ4v) is 5.23. The lowest BCUT2D eigenvalue weighted by Crippen LogP contribution is -2.42. The van der Waals surface area contributed by atoms with Crippen molar-refractivity contribution in [2.45, 2.75) is 44.0 Å². The molecule has 1 saturated heterocycles. The van der Waals surface area contributed by atoms with Gasteiger partial charge in [0.15, 0.2) is 0 Å². The van der Waals surface area contributed by atoms with Gasteiger partial charge in [-0.15, -0.1) is 0 Å². The van der Waals surface area contributed by atoms with Crippen molar-refractivity contribution in [3.63, 3.8) is 0 Å². The number of methoxy groups -OCH3 is 1. The van der Waals surface area contributed by atoms with Gasteiger partial charge in [0, 0.05) is 18.2 Å². The molecule has 2 aromatic rings. The van der Waals surface area contributed by atoms with Gasteiger partial charge in [0.1, 0.15) is 5.75 Å². The number of carbonyl (C=O) groups is 1. The van der Waals surface area contributed by atoms with Gasteiger partial charge in [-0.1, -0.05) is 24.6 Å². The van der Waals surface area contributed by atoms with Crippen molar-refractivity contribution in [1.82, 2.24) is 4.31 Å². The Morgan fingerprint density at radius 1 is 1.18 bits per heavy atom. The van der Waals surface area contributed by atoms with Crippen LogP contribution in [-0.4, -0.2) is 38.3 Å². The van der Waals surface area contributed by atoms with Gasteiger partial charge in [-0.25, -0.2) is 8.42 Å². The number of hydrogen-bond donors (Lipinski definition) is 1. The largest absolute Gasteiger partial charge is 0.495 e. The topological polar surface area (TPSA) is 75.7 Å². The monoisotopic (exact) mass is 402 g/mol. The van der Waals surface area contributed by atoms with E-state index in [-0.39, 0.29) is 16.8 Å². The highest BCUT2D eigenvalue weighted by Crippen LogP contribution is 2.28. The highest BCUT2D eigenvalue weighted by atomic mass is 32.2. The first-order chi connectivity index (χ1) is 13.3. The molecule has 3 rings (SSSR count). The Kier molecular flexibility index (Phi) is 6.05. The quantitative estimate of drug-likeness (QED) is 0.825. The molecule has 1 fully saturated rings. The second-order valence-corrected chi connectivity index (χ2v) is 8.98. The van der Waals surface area contributed by atoms with E-state index in [1.807, 2.05) is 13.0 Å². The van der Waals surface area contributed by atoms with E-state index in [0.29, 0.717) is 29.1 Å². The smallest absolute Gasteiger partial charge is 0.256 e. The van der Waals surface area contributed by atoms with E-state index in [4.69, 9.17) is 4.74 Å². The maximum atomic E-state index is 13.1. The van der Waals surface area contributed by atoms with Gasteiger partial charge >= 0.3 is 0 Å². The van der Waals surface area contributed by atoms with Gasteiger partial charge in [0.05, 0.1) is 17.7 Å². The molecular formula is C21H26N2O4S. The lowest BCUT2D eigenvalue weighted by atomic mass is 10.1. The molecule has 2 aromatic carbocycles. The Morgan fingerprint density at radius 3 is 2.64 bits per heavy atom. The number of hydrogen-bond acceptors (Lipinski definition) is 4. The van der Waals surface area contributed by atoms with E-state index in [1.54, 1.807) is 41.6 Å². The molecule has 1 aliphatic rings. The Balaban J connectivity index is 1.92. The molecule has 1 atom stereocenters. The second-order valence-electron chi connectivity index (χ2n) is 7.09. The van der Waals surface area contributed by atoms with Gasteiger partial charge in [0.2, 0.25) is 10.0 Å². The number of anilines is 1. The first-order valence-electron chi connectivity index (χ1n) is 9.41. The third-order valence-corrected chi connectivity index (χ3v) is 7.17. The predicted molar refractivity (Wildman–Crippen MR) is 109 cm³/mol. The van der Waals surface area contributed by atoms with Crippen LogP contribution in [0.2, 0.25) is 0 Å². The highest BCUT2D eigenvalue weighted by molar-refractivity contribution is 7.89. The number of amides is 1. The summed E-state index contributed by atoms with van der Waals surface area (Å²) in [6.45, 7) is 4.23. The minimum atomic E-state index is -3.64. The number of benzene rings is 2. The fourth-order valence-electron chi connectivity index (χ4n) is 3.51. The Labute approximate surface area is 166 Å². The summed E-state index contributed by atoms with van der Waals surface area (Å²) in [4.78, 5) is 13.0. The fraction of sp³-hybridized carbons (Fsp3) is 0.381. The third kappa shape index (κ3) is 4.05. The number of sulfonamides is 1. The third-order valence-electron chi connectivity index (χ3n) is 5.16. The number of aryl methyl sites for hydroxylation is 1. The van der Waals surface area contributed by atoms with Crippen LogP contribution in [-0.2, 0) is 10.0 Å². The number of nitrogens with one attached hydrogen (secondary N) is 1. The van der Waals surface area contributed by atoms with E-state index in [0.717, 1.165) is 19.3 Å². The Bertz CT molecular complexity index is 972. The van der Waals surface area contributed by atoms with Gasteiger partial charge < -0.3 is 10.1 Å². The van der Waals surface area contributed by atoms with E-state index in [2.05, 4.69) is 5.32 Å². The van der Waals surface area contributed by atoms with Crippen LogP contribution in [0, 0.1) is 6.92 Å². The number of nitrogens with zero attached hydrogens (tertiary/aromatic N) is 1. The molecule has 0 aliphatic carbocycles. The first kappa shape index (κ1) is 20.4. The van der Waals surface area contributed by atoms with Crippen LogP contribution in [0.5, 0.6) is 5.75 Å². The van der Waals surface area contributed by atoms with Gasteiger partial charge in [-0.2, -0.15) is 4.31 Å². The van der Waals surface area contributed by atoms with Crippen molar-refractivity contribution in [2.75, 3.05) is 19.0 Å². The molecule has 1 aliphatic heterocycles. The van der Waals surface area contributed by atoms with Crippen LogP contribution in [0.1, 0.15) is 42.1 Å². The molecule has 7 heteroatoms. The SMILES string of the molecule is COc1ccccc1NC(=O)c1cc(S(=O)(=O)N2CCCCC2C)ccc1C. The van der Waals surface area contributed by atoms with E-state index in [1.165, 1.54) is 13.2 Å². The Hall–Kier alpha value is -2.38. The summed E-state index contributed by atoms with van der Waals surface area (Å²) in [5, 5.41) is 2.81. The average molecular weight is 403 g/mol. The van der Waals surface area contributed by atoms with Crippen LogP contribution < -0.4 is 10.1 Å². The van der Waals surface area contributed by atoms with Gasteiger partial charge in [-0.3, -0.25) is 4.79 Å². The summed E-state index contributed by atoms with van der Waals surface area (Å²) < 4.78 is 33.0. The molecule has 28 heavy (non-hydrogen) atoms. The number of para-hydroxylation sites is 2. The van der Waals surface area contributed by atoms with Crippen LogP contribution in [0.25, 0.3) is 0 Å². The standard InChI is InChI=1S/C21H26N2O4S/c1-15-11-12-17(28(25,26)23-13-7-6-8-16(23)2)14-18(15)21(24)22-19-9-4-5-10-20(19)27-3/h4-5,9-12,14,16H,6-8,13H2,1-3H3,(H,22,24). The maximum absolute atomic E-state index is 13.1. The van der Waals surface area contributed by atoms with Crippen molar-refractivity contribution < 1.29 is 17.9 Å². The Morgan fingerprint density at radius 2 is 1.93 bits per heavy atom. The summed E-state index contributed by atoms with van der Waals surface area (Å²) in [6, 6.07) is 11.8. The summed E-state index contributed by atoms with van der Waals surface area (Å²) in [5.74, 6) is 0.171. The molecule has 0 radical (unpaired) electrons. The van der Waals surface area contributed by atoms with Crippen LogP contribution in [0.3, 0.4) is 0 Å². The first-order valence-corrected chi connectivity index (χ1v) is 10.9. The van der Waals surface area contributed by atoms with E-state index >= 15 is 0 Å². The molecule has 0 saturated carbocycles. The molecule has 1 amide bonds. The zero-order chi connectivity index (χ0) is 20.3. The molecular weight excluding hydrogens is 376 g/mol. The average Bonchev–Trinajstić information content (AvgIpc) is 2.68. The van der Waals surface area contributed by atoms with Crippen molar-refractivity contribution in [1.29, 1.82) is 0 Å². The van der Waals surface area contributed by atoms with Crippen LogP contribution in [0.15, 0.2) is 47.4 Å². The lowest BCUT2D eigenvalue weighted by molar-refractivity contribution is 0.102. The van der Waals surface area contributed by atoms with Crippen molar-refractivity contribution in [3.05, 3.63) is 53.6 Å². The maximum Gasteiger partial charge on any atom is 0.256 e.